The molecule has 3 aromatic rings. The molecule has 5 heteroatoms. The second kappa shape index (κ2) is 13.1. The number of amides is 2. The number of aromatic nitrogens is 1. The number of halogens is 1. The number of rotatable bonds is 7. The van der Waals surface area contributed by atoms with Gasteiger partial charge in [-0.05, 0) is 79.2 Å². The molecule has 1 N–H and O–H groups in total. The van der Waals surface area contributed by atoms with E-state index in [1.54, 1.807) is 0 Å². The maximum absolute atomic E-state index is 14.0. The molecule has 1 heterocycles. The van der Waals surface area contributed by atoms with E-state index in [1.165, 1.54) is 16.7 Å². The van der Waals surface area contributed by atoms with E-state index in [0.29, 0.717) is 24.3 Å². The Hall–Kier alpha value is -2.85. The molecule has 0 aliphatic heterocycles. The summed E-state index contributed by atoms with van der Waals surface area (Å²) >= 11 is 0. The van der Waals surface area contributed by atoms with Crippen molar-refractivity contribution >= 4 is 24.1 Å². The first-order chi connectivity index (χ1) is 17.3. The van der Waals surface area contributed by atoms with Crippen LogP contribution < -0.4 is 5.32 Å². The summed E-state index contributed by atoms with van der Waals surface area (Å²) in [5.41, 5.74) is 6.70. The molecule has 1 aromatic heterocycles. The number of hydrogen-bond acceptors (Lipinski definition) is 2. The van der Waals surface area contributed by atoms with Crippen LogP contribution in [0.3, 0.4) is 0 Å². The Morgan fingerprint density at radius 3 is 2.03 bits per heavy atom. The first kappa shape index (κ1) is 28.7. The van der Waals surface area contributed by atoms with Gasteiger partial charge < -0.3 is 10.2 Å². The van der Waals surface area contributed by atoms with Gasteiger partial charge in [0.1, 0.15) is 0 Å². The molecule has 2 aromatic carbocycles. The highest BCUT2D eigenvalue weighted by Crippen LogP contribution is 2.36. The van der Waals surface area contributed by atoms with Gasteiger partial charge in [-0.25, -0.2) is 4.79 Å². The van der Waals surface area contributed by atoms with Crippen molar-refractivity contribution < 1.29 is 4.79 Å². The van der Waals surface area contributed by atoms with Gasteiger partial charge in [0.15, 0.2) is 0 Å². The predicted octanol–water partition coefficient (Wildman–Crippen LogP) is 8.82. The second-order valence-electron chi connectivity index (χ2n) is 10.9. The normalized spacial score (nSPS) is 17.4. The van der Waals surface area contributed by atoms with Gasteiger partial charge in [0.05, 0.1) is 12.2 Å². The van der Waals surface area contributed by atoms with E-state index in [9.17, 15) is 4.79 Å². The van der Waals surface area contributed by atoms with Gasteiger partial charge in [-0.1, -0.05) is 82.3 Å². The van der Waals surface area contributed by atoms with Crippen LogP contribution in [0, 0.1) is 6.92 Å². The summed E-state index contributed by atoms with van der Waals surface area (Å²) in [6.07, 6.45) is 4.20. The maximum Gasteiger partial charge on any atom is 0.322 e. The minimum atomic E-state index is -0.0172. The number of urea groups is 1. The monoisotopic (exact) mass is 519 g/mol. The zero-order valence-electron chi connectivity index (χ0n) is 22.9. The number of aryl methyl sites for hydroxylation is 1. The summed E-state index contributed by atoms with van der Waals surface area (Å²) in [6, 6.07) is 23.5. The second-order valence-corrected chi connectivity index (χ2v) is 10.9. The number of pyridine rings is 1. The summed E-state index contributed by atoms with van der Waals surface area (Å²) in [4.78, 5) is 20.8. The van der Waals surface area contributed by atoms with Crippen LogP contribution in [0.1, 0.15) is 99.2 Å². The Bertz CT molecular complexity index is 1130. The zero-order chi connectivity index (χ0) is 25.7. The third-order valence-corrected chi connectivity index (χ3v) is 7.55. The topological polar surface area (TPSA) is 45.2 Å². The molecule has 0 unspecified atom stereocenters. The lowest BCUT2D eigenvalue weighted by molar-refractivity contribution is 0.157. The molecule has 198 valence electrons. The van der Waals surface area contributed by atoms with Crippen LogP contribution in [0.4, 0.5) is 10.5 Å². The average molecular weight is 520 g/mol. The molecule has 0 atom stereocenters. The van der Waals surface area contributed by atoms with Crippen LogP contribution in [0.2, 0.25) is 0 Å². The van der Waals surface area contributed by atoms with E-state index in [4.69, 9.17) is 4.98 Å². The van der Waals surface area contributed by atoms with Crippen molar-refractivity contribution in [2.24, 2.45) is 0 Å². The molecule has 4 nitrogen and oxygen atoms in total. The van der Waals surface area contributed by atoms with Crippen LogP contribution in [0.15, 0.2) is 66.7 Å². The van der Waals surface area contributed by atoms with Crippen molar-refractivity contribution in [3.63, 3.8) is 0 Å². The third-order valence-electron chi connectivity index (χ3n) is 7.55. The molecule has 4 rings (SSSR count). The lowest BCUT2D eigenvalue weighted by Gasteiger charge is -2.37. The summed E-state index contributed by atoms with van der Waals surface area (Å²) in [5, 5.41) is 3.38. The molecule has 37 heavy (non-hydrogen) atoms. The quantitative estimate of drug-likeness (QED) is 0.339. The van der Waals surface area contributed by atoms with E-state index in [0.717, 1.165) is 42.8 Å². The van der Waals surface area contributed by atoms with E-state index in [1.807, 2.05) is 30.0 Å². The molecular weight excluding hydrogens is 478 g/mol. The predicted molar refractivity (Wildman–Crippen MR) is 157 cm³/mol. The van der Waals surface area contributed by atoms with Crippen LogP contribution >= 0.6 is 12.4 Å². The largest absolute Gasteiger partial charge is 0.322 e. The smallest absolute Gasteiger partial charge is 0.316 e. The molecule has 0 radical (unpaired) electrons. The van der Waals surface area contributed by atoms with Gasteiger partial charge in [-0.2, -0.15) is 0 Å². The first-order valence-corrected chi connectivity index (χ1v) is 13.5. The van der Waals surface area contributed by atoms with E-state index < -0.39 is 0 Å². The fraction of sp³-hybridized carbons (Fsp3) is 0.438. The van der Waals surface area contributed by atoms with Crippen LogP contribution in [-0.4, -0.2) is 22.0 Å². The molecule has 0 saturated heterocycles. The van der Waals surface area contributed by atoms with E-state index in [-0.39, 0.29) is 24.5 Å². The number of carbonyl (C=O) groups excluding carboxylic acids is 1. The first-order valence-electron chi connectivity index (χ1n) is 13.5. The molecule has 1 aliphatic rings. The van der Waals surface area contributed by atoms with E-state index in [2.05, 4.69) is 81.5 Å². The van der Waals surface area contributed by atoms with Gasteiger partial charge >= 0.3 is 6.03 Å². The van der Waals surface area contributed by atoms with Crippen molar-refractivity contribution in [2.75, 3.05) is 5.32 Å². The standard InChI is InChI=1S/C32H41N3O.ClH/c1-22(2)29-15-10-16-30(23(3)4)31(29)34-32(36)35(21-27-14-9-11-24(5)33-27)28-19-17-26(18-20-28)25-12-7-6-8-13-25;/h6-16,22-23,26,28H,17-21H2,1-5H3,(H,34,36);1H. The number of carbonyl (C=O) groups is 1. The minimum absolute atomic E-state index is 0. The van der Waals surface area contributed by atoms with Crippen molar-refractivity contribution in [3.05, 3.63) is 94.8 Å². The molecule has 1 fully saturated rings. The number of nitrogens with zero attached hydrogens (tertiary/aromatic N) is 2. The number of benzene rings is 2. The highest BCUT2D eigenvalue weighted by atomic mass is 35.5. The molecular formula is C32H42ClN3O. The Morgan fingerprint density at radius 2 is 1.46 bits per heavy atom. The van der Waals surface area contributed by atoms with Gasteiger partial charge in [0.25, 0.3) is 0 Å². The van der Waals surface area contributed by atoms with Crippen LogP contribution in [0.5, 0.6) is 0 Å². The average Bonchev–Trinajstić information content (AvgIpc) is 2.88. The highest BCUT2D eigenvalue weighted by molar-refractivity contribution is 5.91. The number of nitrogens with one attached hydrogen (secondary N) is 1. The van der Waals surface area contributed by atoms with Crippen molar-refractivity contribution in [3.8, 4) is 0 Å². The van der Waals surface area contributed by atoms with Gasteiger partial charge in [-0.15, -0.1) is 12.4 Å². The summed E-state index contributed by atoms with van der Waals surface area (Å²) in [7, 11) is 0. The van der Waals surface area contributed by atoms with Crippen LogP contribution in [0.25, 0.3) is 0 Å². The highest BCUT2D eigenvalue weighted by Gasteiger charge is 2.31. The molecule has 1 aliphatic carbocycles. The van der Waals surface area contributed by atoms with E-state index >= 15 is 0 Å². The minimum Gasteiger partial charge on any atom is -0.316 e. The van der Waals surface area contributed by atoms with Gasteiger partial charge in [0, 0.05) is 17.4 Å². The maximum atomic E-state index is 14.0. The number of para-hydroxylation sites is 1. The Balaban J connectivity index is 0.00000380. The van der Waals surface area contributed by atoms with Crippen molar-refractivity contribution in [1.82, 2.24) is 9.88 Å². The summed E-state index contributed by atoms with van der Waals surface area (Å²) in [6.45, 7) is 11.3. The van der Waals surface area contributed by atoms with Gasteiger partial charge in [0.2, 0.25) is 0 Å². The SMILES string of the molecule is Cc1cccc(CN(C(=O)Nc2c(C(C)C)cccc2C(C)C)C2CCC(c3ccccc3)CC2)n1.Cl. The number of hydrogen-bond donors (Lipinski definition) is 1. The van der Waals surface area contributed by atoms with Crippen molar-refractivity contribution in [2.45, 2.75) is 90.6 Å². The fourth-order valence-corrected chi connectivity index (χ4v) is 5.55. The molecule has 2 amide bonds. The number of anilines is 1. The molecule has 0 spiro atoms. The van der Waals surface area contributed by atoms with Crippen molar-refractivity contribution in [1.29, 1.82) is 0 Å². The third kappa shape index (κ3) is 7.13. The Labute approximate surface area is 229 Å². The summed E-state index contributed by atoms with van der Waals surface area (Å²) in [5.74, 6) is 1.22. The lowest BCUT2D eigenvalue weighted by atomic mass is 9.81. The van der Waals surface area contributed by atoms with Crippen LogP contribution in [-0.2, 0) is 6.54 Å². The fourth-order valence-electron chi connectivity index (χ4n) is 5.55. The molecule has 1 saturated carbocycles. The summed E-state index contributed by atoms with van der Waals surface area (Å²) < 4.78 is 0. The lowest BCUT2D eigenvalue weighted by Crippen LogP contribution is -2.44. The zero-order valence-corrected chi connectivity index (χ0v) is 23.7. The Morgan fingerprint density at radius 1 is 0.865 bits per heavy atom. The van der Waals surface area contributed by atoms with Gasteiger partial charge in [-0.3, -0.25) is 4.98 Å². The molecule has 0 bridgehead atoms. The Kier molecular flexibility index (Phi) is 10.2.